The van der Waals surface area contributed by atoms with Crippen LogP contribution in [0.1, 0.15) is 19.8 Å². The van der Waals surface area contributed by atoms with Crippen LogP contribution in [0.25, 0.3) is 0 Å². The van der Waals surface area contributed by atoms with Gasteiger partial charge in [-0.15, -0.1) is 6.58 Å². The van der Waals surface area contributed by atoms with Crippen molar-refractivity contribution < 1.29 is 5.11 Å². The Morgan fingerprint density at radius 3 is 2.90 bits per heavy atom. The molecule has 56 valence electrons. The van der Waals surface area contributed by atoms with Gasteiger partial charge in [0.2, 0.25) is 0 Å². The number of allylic oxidation sites excluding steroid dienone is 2. The van der Waals surface area contributed by atoms with Gasteiger partial charge in [0.05, 0.1) is 6.10 Å². The average molecular weight is 138 g/mol. The molecule has 1 aliphatic rings. The van der Waals surface area contributed by atoms with Gasteiger partial charge in [0.15, 0.2) is 0 Å². The molecule has 0 spiro atoms. The highest BCUT2D eigenvalue weighted by molar-refractivity contribution is 5.12. The third kappa shape index (κ3) is 1.48. The monoisotopic (exact) mass is 138 g/mol. The lowest BCUT2D eigenvalue weighted by molar-refractivity contribution is 0.186. The summed E-state index contributed by atoms with van der Waals surface area (Å²) in [4.78, 5) is 0. The molecule has 2 atom stereocenters. The molecule has 0 aliphatic heterocycles. The first-order chi connectivity index (χ1) is 4.66. The van der Waals surface area contributed by atoms with Crippen LogP contribution in [0.3, 0.4) is 0 Å². The van der Waals surface area contributed by atoms with Crippen LogP contribution < -0.4 is 0 Å². The molecule has 0 aromatic heterocycles. The fraction of sp³-hybridized carbons (Fsp3) is 0.556. The molecule has 1 aliphatic carbocycles. The lowest BCUT2D eigenvalue weighted by Crippen LogP contribution is -2.19. The minimum Gasteiger partial charge on any atom is -0.389 e. The molecule has 1 N–H and O–H groups in total. The Bertz CT molecular complexity index is 160. The minimum absolute atomic E-state index is 0.124. The molecule has 0 saturated heterocycles. The second kappa shape index (κ2) is 2.59. The van der Waals surface area contributed by atoms with Crippen LogP contribution >= 0.6 is 0 Å². The molecule has 1 nitrogen and oxygen atoms in total. The van der Waals surface area contributed by atoms with Crippen LogP contribution in [-0.2, 0) is 0 Å². The van der Waals surface area contributed by atoms with Gasteiger partial charge in [0.25, 0.3) is 0 Å². The molecule has 0 radical (unpaired) electrons. The second-order valence-corrected chi connectivity index (χ2v) is 3.18. The number of hydrogen-bond donors (Lipinski definition) is 1. The summed E-state index contributed by atoms with van der Waals surface area (Å²) in [5.41, 5.74) is 0.124. The zero-order valence-corrected chi connectivity index (χ0v) is 6.38. The number of rotatable bonds is 1. The SMILES string of the molecule is C=CC1(C)C=CC(O)CC1. The molecular formula is C9H14O. The van der Waals surface area contributed by atoms with Crippen LogP contribution in [0.5, 0.6) is 0 Å². The molecule has 0 fully saturated rings. The molecule has 1 heteroatoms. The Morgan fingerprint density at radius 2 is 2.50 bits per heavy atom. The molecule has 0 aromatic carbocycles. The van der Waals surface area contributed by atoms with Gasteiger partial charge in [-0.25, -0.2) is 0 Å². The Labute approximate surface area is 62.1 Å². The lowest BCUT2D eigenvalue weighted by Gasteiger charge is -2.26. The van der Waals surface area contributed by atoms with E-state index in [4.69, 9.17) is 5.11 Å². The van der Waals surface area contributed by atoms with E-state index in [1.54, 1.807) is 0 Å². The van der Waals surface area contributed by atoms with E-state index in [1.807, 2.05) is 18.2 Å². The van der Waals surface area contributed by atoms with E-state index >= 15 is 0 Å². The molecule has 10 heavy (non-hydrogen) atoms. The molecule has 0 aromatic rings. The van der Waals surface area contributed by atoms with Crippen molar-refractivity contribution in [1.82, 2.24) is 0 Å². The maximum Gasteiger partial charge on any atom is 0.0721 e. The fourth-order valence-electron chi connectivity index (χ4n) is 1.14. The van der Waals surface area contributed by atoms with E-state index in [2.05, 4.69) is 13.5 Å². The van der Waals surface area contributed by atoms with Crippen molar-refractivity contribution in [2.75, 3.05) is 0 Å². The van der Waals surface area contributed by atoms with E-state index in [1.165, 1.54) is 0 Å². The Morgan fingerprint density at radius 1 is 1.80 bits per heavy atom. The Balaban J connectivity index is 2.68. The minimum atomic E-state index is -0.229. The van der Waals surface area contributed by atoms with Crippen LogP contribution in [0, 0.1) is 5.41 Å². The first kappa shape index (κ1) is 7.55. The molecule has 2 unspecified atom stereocenters. The van der Waals surface area contributed by atoms with Crippen LogP contribution in [0.4, 0.5) is 0 Å². The summed E-state index contributed by atoms with van der Waals surface area (Å²) in [6.45, 7) is 5.88. The van der Waals surface area contributed by atoms with Gasteiger partial charge < -0.3 is 5.11 Å². The summed E-state index contributed by atoms with van der Waals surface area (Å²) in [5.74, 6) is 0. The largest absolute Gasteiger partial charge is 0.389 e. The predicted octanol–water partition coefficient (Wildman–Crippen LogP) is 1.89. The van der Waals surface area contributed by atoms with Gasteiger partial charge in [-0.2, -0.15) is 0 Å². The van der Waals surface area contributed by atoms with Crippen molar-refractivity contribution in [2.45, 2.75) is 25.9 Å². The topological polar surface area (TPSA) is 20.2 Å². The summed E-state index contributed by atoms with van der Waals surface area (Å²) < 4.78 is 0. The third-order valence-corrected chi connectivity index (χ3v) is 2.14. The maximum absolute atomic E-state index is 9.12. The van der Waals surface area contributed by atoms with Gasteiger partial charge in [0, 0.05) is 5.41 Å². The summed E-state index contributed by atoms with van der Waals surface area (Å²) in [6.07, 6.45) is 7.47. The maximum atomic E-state index is 9.12. The summed E-state index contributed by atoms with van der Waals surface area (Å²) in [7, 11) is 0. The summed E-state index contributed by atoms with van der Waals surface area (Å²) in [5, 5.41) is 9.12. The van der Waals surface area contributed by atoms with Crippen LogP contribution in [-0.4, -0.2) is 11.2 Å². The molecule has 0 amide bonds. The quantitative estimate of drug-likeness (QED) is 0.548. The van der Waals surface area contributed by atoms with E-state index in [0.717, 1.165) is 12.8 Å². The predicted molar refractivity (Wildman–Crippen MR) is 42.7 cm³/mol. The molecule has 0 heterocycles. The van der Waals surface area contributed by atoms with Crippen molar-refractivity contribution >= 4 is 0 Å². The Hall–Kier alpha value is -0.560. The van der Waals surface area contributed by atoms with Crippen molar-refractivity contribution in [3.05, 3.63) is 24.8 Å². The van der Waals surface area contributed by atoms with Gasteiger partial charge in [-0.1, -0.05) is 25.2 Å². The van der Waals surface area contributed by atoms with Crippen molar-refractivity contribution in [2.24, 2.45) is 5.41 Å². The highest BCUT2D eigenvalue weighted by atomic mass is 16.3. The van der Waals surface area contributed by atoms with E-state index in [-0.39, 0.29) is 11.5 Å². The first-order valence-corrected chi connectivity index (χ1v) is 3.67. The van der Waals surface area contributed by atoms with Crippen molar-refractivity contribution in [1.29, 1.82) is 0 Å². The third-order valence-electron chi connectivity index (χ3n) is 2.14. The lowest BCUT2D eigenvalue weighted by atomic mass is 9.80. The van der Waals surface area contributed by atoms with Gasteiger partial charge >= 0.3 is 0 Å². The standard InChI is InChI=1S/C9H14O/c1-3-9(2)6-4-8(10)5-7-9/h3-4,6,8,10H,1,5,7H2,2H3. The molecular weight excluding hydrogens is 124 g/mol. The fourth-order valence-corrected chi connectivity index (χ4v) is 1.14. The van der Waals surface area contributed by atoms with Crippen molar-refractivity contribution in [3.63, 3.8) is 0 Å². The zero-order chi connectivity index (χ0) is 7.61. The molecule has 0 bridgehead atoms. The van der Waals surface area contributed by atoms with Crippen LogP contribution in [0.2, 0.25) is 0 Å². The second-order valence-electron chi connectivity index (χ2n) is 3.18. The van der Waals surface area contributed by atoms with Gasteiger partial charge in [0.1, 0.15) is 0 Å². The highest BCUT2D eigenvalue weighted by Crippen LogP contribution is 2.30. The van der Waals surface area contributed by atoms with E-state index in [0.29, 0.717) is 0 Å². The molecule has 1 rings (SSSR count). The van der Waals surface area contributed by atoms with Gasteiger partial charge in [-0.05, 0) is 12.8 Å². The van der Waals surface area contributed by atoms with Gasteiger partial charge in [-0.3, -0.25) is 0 Å². The normalized spacial score (nSPS) is 39.6. The smallest absolute Gasteiger partial charge is 0.0721 e. The van der Waals surface area contributed by atoms with Crippen molar-refractivity contribution in [3.8, 4) is 0 Å². The number of aliphatic hydroxyl groups excluding tert-OH is 1. The summed E-state index contributed by atoms with van der Waals surface area (Å²) in [6, 6.07) is 0. The Kier molecular flexibility index (Phi) is 1.95. The first-order valence-electron chi connectivity index (χ1n) is 3.67. The van der Waals surface area contributed by atoms with E-state index < -0.39 is 0 Å². The number of aliphatic hydroxyl groups is 1. The highest BCUT2D eigenvalue weighted by Gasteiger charge is 2.21. The van der Waals surface area contributed by atoms with E-state index in [9.17, 15) is 0 Å². The molecule has 0 saturated carbocycles. The van der Waals surface area contributed by atoms with Crippen LogP contribution in [0.15, 0.2) is 24.8 Å². The average Bonchev–Trinajstić information content (AvgIpc) is 1.96. The number of hydrogen-bond acceptors (Lipinski definition) is 1. The zero-order valence-electron chi connectivity index (χ0n) is 6.38. The summed E-state index contributed by atoms with van der Waals surface area (Å²) >= 11 is 0.